The standard InChI is InChI=1S/C24H32ClFN4O2S/c1-23(2,3)33-12-24(32)10-14-7-13(8-15(14)11-24)20-19(21(27)30(4)29-20)22(31)28-16-5-6-18(26)17(25)9-16/h5-6,9,13-15,32H,7-8,10-12,27H2,1-4H3,(H,28,31). The van der Waals surface area contributed by atoms with Crippen molar-refractivity contribution < 1.29 is 14.3 Å². The SMILES string of the molecule is Cn1nc(C2CC3CC(O)(CSC(C)(C)C)CC3C2)c(C(=O)Nc2ccc(F)c(Cl)c2)c1N. The van der Waals surface area contributed by atoms with Gasteiger partial charge in [-0.15, -0.1) is 0 Å². The number of thioether (sulfide) groups is 1. The topological polar surface area (TPSA) is 93.2 Å². The number of hydrogen-bond donors (Lipinski definition) is 3. The van der Waals surface area contributed by atoms with E-state index in [0.29, 0.717) is 34.6 Å². The highest BCUT2D eigenvalue weighted by molar-refractivity contribution is 8.00. The van der Waals surface area contributed by atoms with E-state index < -0.39 is 11.4 Å². The number of nitrogens with two attached hydrogens (primary N) is 1. The van der Waals surface area contributed by atoms with Crippen LogP contribution in [0.2, 0.25) is 5.02 Å². The molecule has 2 aliphatic rings. The van der Waals surface area contributed by atoms with E-state index in [1.54, 1.807) is 7.05 Å². The van der Waals surface area contributed by atoms with E-state index in [4.69, 9.17) is 17.3 Å². The zero-order chi connectivity index (χ0) is 24.1. The average Bonchev–Trinajstić information content (AvgIpc) is 3.32. The summed E-state index contributed by atoms with van der Waals surface area (Å²) in [5, 5.41) is 18.5. The van der Waals surface area contributed by atoms with Gasteiger partial charge >= 0.3 is 0 Å². The van der Waals surface area contributed by atoms with Gasteiger partial charge < -0.3 is 16.2 Å². The van der Waals surface area contributed by atoms with Gasteiger partial charge in [0.1, 0.15) is 17.2 Å². The molecule has 1 aromatic carbocycles. The Labute approximate surface area is 203 Å². The van der Waals surface area contributed by atoms with Crippen molar-refractivity contribution in [3.05, 3.63) is 40.3 Å². The molecule has 6 nitrogen and oxygen atoms in total. The van der Waals surface area contributed by atoms with Crippen LogP contribution >= 0.6 is 23.4 Å². The molecule has 2 saturated carbocycles. The number of anilines is 2. The van der Waals surface area contributed by atoms with Gasteiger partial charge in [-0.2, -0.15) is 16.9 Å². The molecule has 4 N–H and O–H groups in total. The van der Waals surface area contributed by atoms with Gasteiger partial charge in [-0.05, 0) is 55.7 Å². The van der Waals surface area contributed by atoms with Crippen molar-refractivity contribution in [2.75, 3.05) is 16.8 Å². The Kier molecular flexibility index (Phi) is 6.48. The van der Waals surface area contributed by atoms with Gasteiger partial charge in [0.05, 0.1) is 16.3 Å². The Balaban J connectivity index is 1.49. The first-order valence-electron chi connectivity index (χ1n) is 11.3. The first kappa shape index (κ1) is 24.4. The molecule has 0 saturated heterocycles. The summed E-state index contributed by atoms with van der Waals surface area (Å²) < 4.78 is 15.1. The van der Waals surface area contributed by atoms with Gasteiger partial charge in [0.25, 0.3) is 5.91 Å². The third-order valence-corrected chi connectivity index (χ3v) is 8.65. The third kappa shape index (κ3) is 5.17. The first-order valence-corrected chi connectivity index (χ1v) is 12.7. The van der Waals surface area contributed by atoms with Gasteiger partial charge in [0.15, 0.2) is 0 Å². The number of fused-ring (bicyclic) bond motifs is 1. The lowest BCUT2D eigenvalue weighted by Crippen LogP contribution is -2.31. The maximum atomic E-state index is 13.5. The minimum Gasteiger partial charge on any atom is -0.389 e. The number of nitrogen functional groups attached to an aromatic ring is 1. The minimum atomic E-state index is -0.622. The maximum absolute atomic E-state index is 13.5. The van der Waals surface area contributed by atoms with Crippen molar-refractivity contribution >= 4 is 40.8 Å². The van der Waals surface area contributed by atoms with Crippen LogP contribution in [0.15, 0.2) is 18.2 Å². The Morgan fingerprint density at radius 3 is 2.58 bits per heavy atom. The lowest BCUT2D eigenvalue weighted by Gasteiger charge is -2.28. The van der Waals surface area contributed by atoms with Crippen molar-refractivity contribution in [3.8, 4) is 0 Å². The third-order valence-electron chi connectivity index (χ3n) is 6.81. The summed E-state index contributed by atoms with van der Waals surface area (Å²) in [6, 6.07) is 4.04. The zero-order valence-electron chi connectivity index (χ0n) is 19.5. The Bertz CT molecular complexity index is 1050. The summed E-state index contributed by atoms with van der Waals surface area (Å²) >= 11 is 7.66. The molecule has 1 amide bonds. The number of nitrogens with zero attached hydrogens (tertiary/aromatic N) is 2. The van der Waals surface area contributed by atoms with E-state index in [0.717, 1.165) is 31.4 Å². The van der Waals surface area contributed by atoms with Crippen LogP contribution in [0.3, 0.4) is 0 Å². The number of nitrogens with one attached hydrogen (secondary N) is 1. The molecule has 2 unspecified atom stereocenters. The summed E-state index contributed by atoms with van der Waals surface area (Å²) in [4.78, 5) is 13.1. The lowest BCUT2D eigenvalue weighted by molar-refractivity contribution is 0.0627. The molecule has 2 aliphatic carbocycles. The van der Waals surface area contributed by atoms with Crippen molar-refractivity contribution in [2.45, 2.75) is 62.7 Å². The summed E-state index contributed by atoms with van der Waals surface area (Å²) in [5.74, 6) is 1.06. The van der Waals surface area contributed by atoms with Crippen LogP contribution < -0.4 is 11.1 Å². The fraction of sp³-hybridized carbons (Fsp3) is 0.583. The number of benzene rings is 1. The maximum Gasteiger partial charge on any atom is 0.261 e. The van der Waals surface area contributed by atoms with Crippen molar-refractivity contribution in [2.24, 2.45) is 18.9 Å². The van der Waals surface area contributed by atoms with E-state index in [9.17, 15) is 14.3 Å². The normalized spacial score (nSPS) is 27.1. The van der Waals surface area contributed by atoms with Crippen LogP contribution in [-0.4, -0.2) is 36.9 Å². The zero-order valence-corrected chi connectivity index (χ0v) is 21.1. The fourth-order valence-electron chi connectivity index (χ4n) is 5.31. The Hall–Kier alpha value is -1.77. The molecule has 2 atom stereocenters. The number of hydrogen-bond acceptors (Lipinski definition) is 5. The highest BCUT2D eigenvalue weighted by atomic mass is 35.5. The number of halogens is 2. The molecule has 33 heavy (non-hydrogen) atoms. The highest BCUT2D eigenvalue weighted by Gasteiger charge is 2.50. The molecule has 2 fully saturated rings. The number of aryl methyl sites for hydroxylation is 1. The number of amides is 1. The second-order valence-corrected chi connectivity index (χ2v) is 12.8. The molecule has 1 aromatic heterocycles. The molecule has 180 valence electrons. The van der Waals surface area contributed by atoms with Gasteiger partial charge in [-0.1, -0.05) is 32.4 Å². The smallest absolute Gasteiger partial charge is 0.261 e. The summed E-state index contributed by atoms with van der Waals surface area (Å²) in [7, 11) is 1.72. The molecule has 0 aliphatic heterocycles. The monoisotopic (exact) mass is 494 g/mol. The second kappa shape index (κ2) is 8.78. The van der Waals surface area contributed by atoms with Crippen molar-refractivity contribution in [1.82, 2.24) is 9.78 Å². The van der Waals surface area contributed by atoms with Crippen LogP contribution in [0.1, 0.15) is 68.4 Å². The predicted octanol–water partition coefficient (Wildman–Crippen LogP) is 5.21. The number of aliphatic hydroxyl groups is 1. The van der Waals surface area contributed by atoms with Crippen LogP contribution in [0.5, 0.6) is 0 Å². The van der Waals surface area contributed by atoms with E-state index in [2.05, 4.69) is 31.2 Å². The van der Waals surface area contributed by atoms with Crippen LogP contribution in [0.25, 0.3) is 0 Å². The van der Waals surface area contributed by atoms with E-state index in [-0.39, 0.29) is 21.6 Å². The summed E-state index contributed by atoms with van der Waals surface area (Å²) in [6.07, 6.45) is 3.34. The van der Waals surface area contributed by atoms with Gasteiger partial charge in [-0.25, -0.2) is 4.39 Å². The molecule has 0 radical (unpaired) electrons. The highest BCUT2D eigenvalue weighted by Crippen LogP contribution is 2.55. The molecule has 0 bridgehead atoms. The first-order chi connectivity index (χ1) is 15.3. The van der Waals surface area contributed by atoms with E-state index in [1.165, 1.54) is 22.9 Å². The minimum absolute atomic E-state index is 0.0621. The average molecular weight is 495 g/mol. The summed E-state index contributed by atoms with van der Waals surface area (Å²) in [5.41, 5.74) is 7.06. The van der Waals surface area contributed by atoms with Crippen LogP contribution in [0.4, 0.5) is 15.9 Å². The molecule has 9 heteroatoms. The lowest BCUT2D eigenvalue weighted by atomic mass is 9.92. The predicted molar refractivity (Wildman–Crippen MR) is 132 cm³/mol. The van der Waals surface area contributed by atoms with E-state index >= 15 is 0 Å². The largest absolute Gasteiger partial charge is 0.389 e. The molecular weight excluding hydrogens is 463 g/mol. The molecule has 0 spiro atoms. The number of carbonyl (C=O) groups is 1. The van der Waals surface area contributed by atoms with E-state index in [1.807, 2.05) is 11.8 Å². The second-order valence-electron chi connectivity index (χ2n) is 10.6. The number of carbonyl (C=O) groups excluding carboxylic acids is 1. The quantitative estimate of drug-likeness (QED) is 0.530. The van der Waals surface area contributed by atoms with Crippen LogP contribution in [0, 0.1) is 17.7 Å². The number of aromatic nitrogens is 2. The van der Waals surface area contributed by atoms with Gasteiger partial charge in [0, 0.05) is 29.2 Å². The Morgan fingerprint density at radius 1 is 1.36 bits per heavy atom. The van der Waals surface area contributed by atoms with Crippen molar-refractivity contribution in [1.29, 1.82) is 0 Å². The van der Waals surface area contributed by atoms with Gasteiger partial charge in [-0.3, -0.25) is 9.48 Å². The Morgan fingerprint density at radius 2 is 2.00 bits per heavy atom. The van der Waals surface area contributed by atoms with Crippen LogP contribution in [-0.2, 0) is 7.05 Å². The van der Waals surface area contributed by atoms with Gasteiger partial charge in [0.2, 0.25) is 0 Å². The summed E-state index contributed by atoms with van der Waals surface area (Å²) in [6.45, 7) is 6.51. The fourth-order valence-corrected chi connectivity index (χ4v) is 6.43. The molecular formula is C24H32ClFN4O2S. The molecule has 1 heterocycles. The molecule has 4 rings (SSSR count). The molecule has 2 aromatic rings. The number of rotatable bonds is 5. The van der Waals surface area contributed by atoms with Crippen molar-refractivity contribution in [3.63, 3.8) is 0 Å².